The Morgan fingerprint density at radius 3 is 2.59 bits per heavy atom. The largest absolute Gasteiger partial charge is 0.372 e. The quantitative estimate of drug-likeness (QED) is 0.650. The van der Waals surface area contributed by atoms with Gasteiger partial charge in [0.2, 0.25) is 0 Å². The van der Waals surface area contributed by atoms with Gasteiger partial charge in [-0.25, -0.2) is 0 Å². The van der Waals surface area contributed by atoms with Crippen LogP contribution in [0.15, 0.2) is 54.4 Å². The molecule has 1 aromatic carbocycles. The van der Waals surface area contributed by atoms with Gasteiger partial charge < -0.3 is 15.5 Å². The smallest absolute Gasteiger partial charge is 0.252 e. The summed E-state index contributed by atoms with van der Waals surface area (Å²) in [4.78, 5) is 19.1. The lowest BCUT2D eigenvalue weighted by Crippen LogP contribution is -2.25. The zero-order valence-corrected chi connectivity index (χ0v) is 17.0. The van der Waals surface area contributed by atoms with Gasteiger partial charge >= 0.3 is 0 Å². The fourth-order valence-corrected chi connectivity index (χ4v) is 4.10. The van der Waals surface area contributed by atoms with Crippen LogP contribution in [-0.2, 0) is 0 Å². The number of carbonyl (C=O) groups is 1. The maximum Gasteiger partial charge on any atom is 0.252 e. The van der Waals surface area contributed by atoms with Gasteiger partial charge in [-0.3, -0.25) is 9.78 Å². The van der Waals surface area contributed by atoms with Crippen molar-refractivity contribution in [2.75, 3.05) is 29.9 Å². The third-order valence-electron chi connectivity index (χ3n) is 5.74. The summed E-state index contributed by atoms with van der Waals surface area (Å²) in [6.07, 6.45) is 14.1. The van der Waals surface area contributed by atoms with Crippen molar-refractivity contribution >= 4 is 23.0 Å². The van der Waals surface area contributed by atoms with Crippen LogP contribution in [0.3, 0.4) is 0 Å². The zero-order valence-electron chi connectivity index (χ0n) is 17.0. The molecule has 1 fully saturated rings. The van der Waals surface area contributed by atoms with E-state index in [1.807, 2.05) is 6.07 Å². The van der Waals surface area contributed by atoms with Gasteiger partial charge in [0.25, 0.3) is 5.91 Å². The molecule has 0 saturated carbocycles. The first-order chi connectivity index (χ1) is 14.3. The summed E-state index contributed by atoms with van der Waals surface area (Å²) in [6, 6.07) is 10.3. The number of nitrogens with zero attached hydrogens (tertiary/aromatic N) is 2. The number of hydrogen-bond acceptors (Lipinski definition) is 4. The normalized spacial score (nSPS) is 16.4. The van der Waals surface area contributed by atoms with Crippen molar-refractivity contribution in [1.29, 1.82) is 0 Å². The van der Waals surface area contributed by atoms with Gasteiger partial charge in [0.05, 0.1) is 17.4 Å². The van der Waals surface area contributed by atoms with Crippen LogP contribution in [0, 0.1) is 0 Å². The molecular weight excluding hydrogens is 360 g/mol. The molecule has 1 amide bonds. The predicted molar refractivity (Wildman–Crippen MR) is 119 cm³/mol. The van der Waals surface area contributed by atoms with Crippen molar-refractivity contribution in [3.8, 4) is 0 Å². The molecule has 2 aromatic rings. The summed E-state index contributed by atoms with van der Waals surface area (Å²) in [5, 5.41) is 6.38. The second-order valence-electron chi connectivity index (χ2n) is 7.94. The van der Waals surface area contributed by atoms with E-state index in [0.717, 1.165) is 30.9 Å². The van der Waals surface area contributed by atoms with Gasteiger partial charge in [0, 0.05) is 37.2 Å². The third-order valence-corrected chi connectivity index (χ3v) is 5.74. The maximum absolute atomic E-state index is 12.5. The Morgan fingerprint density at radius 1 is 1.00 bits per heavy atom. The second-order valence-corrected chi connectivity index (χ2v) is 7.94. The van der Waals surface area contributed by atoms with Crippen molar-refractivity contribution in [3.05, 3.63) is 59.9 Å². The van der Waals surface area contributed by atoms with Crippen LogP contribution >= 0.6 is 0 Å². The molecule has 0 bridgehead atoms. The van der Waals surface area contributed by atoms with E-state index < -0.39 is 0 Å². The van der Waals surface area contributed by atoms with Gasteiger partial charge in [-0.05, 0) is 75.3 Å². The van der Waals surface area contributed by atoms with Crippen molar-refractivity contribution < 1.29 is 4.79 Å². The SMILES string of the molecule is O=C(NCCC1=CCCCC1)c1cncc(Nc2ccc(N3CCCC3)cc2)c1. The number of aromatic nitrogens is 1. The standard InChI is InChI=1S/C24H30N4O/c29-24(26-13-12-19-6-2-1-3-7-19)20-16-22(18-25-17-20)27-21-8-10-23(11-9-21)28-14-4-5-15-28/h6,8-11,16-18,27H,1-5,7,12-15H2,(H,26,29). The predicted octanol–water partition coefficient (Wildman–Crippen LogP) is 5.05. The summed E-state index contributed by atoms with van der Waals surface area (Å²) in [5.41, 5.74) is 5.15. The van der Waals surface area contributed by atoms with E-state index in [2.05, 4.69) is 50.9 Å². The topological polar surface area (TPSA) is 57.3 Å². The molecule has 1 aromatic heterocycles. The van der Waals surface area contributed by atoms with Gasteiger partial charge in [-0.2, -0.15) is 0 Å². The zero-order chi connectivity index (χ0) is 19.9. The van der Waals surface area contributed by atoms with E-state index in [0.29, 0.717) is 12.1 Å². The first kappa shape index (κ1) is 19.5. The Morgan fingerprint density at radius 2 is 1.83 bits per heavy atom. The molecule has 2 aliphatic rings. The lowest BCUT2D eigenvalue weighted by molar-refractivity contribution is 0.0953. The highest BCUT2D eigenvalue weighted by Gasteiger charge is 2.12. The maximum atomic E-state index is 12.5. The molecule has 5 heteroatoms. The molecule has 152 valence electrons. The third kappa shape index (κ3) is 5.37. The number of amides is 1. The Kier molecular flexibility index (Phi) is 6.45. The lowest BCUT2D eigenvalue weighted by Gasteiger charge is -2.18. The minimum Gasteiger partial charge on any atom is -0.372 e. The number of rotatable bonds is 7. The van der Waals surface area contributed by atoms with Crippen LogP contribution < -0.4 is 15.5 Å². The molecule has 1 saturated heterocycles. The summed E-state index contributed by atoms with van der Waals surface area (Å²) in [6.45, 7) is 2.97. The highest BCUT2D eigenvalue weighted by atomic mass is 16.1. The van der Waals surface area contributed by atoms with Crippen LogP contribution in [0.5, 0.6) is 0 Å². The number of carbonyl (C=O) groups excluding carboxylic acids is 1. The van der Waals surface area contributed by atoms with E-state index in [1.165, 1.54) is 49.8 Å². The van der Waals surface area contributed by atoms with Gasteiger partial charge in [0.15, 0.2) is 0 Å². The van der Waals surface area contributed by atoms with Crippen LogP contribution in [-0.4, -0.2) is 30.5 Å². The lowest BCUT2D eigenvalue weighted by atomic mass is 9.97. The minimum absolute atomic E-state index is 0.0676. The van der Waals surface area contributed by atoms with Gasteiger partial charge in [0.1, 0.15) is 0 Å². The number of anilines is 3. The summed E-state index contributed by atoms with van der Waals surface area (Å²) in [7, 11) is 0. The van der Waals surface area contributed by atoms with E-state index >= 15 is 0 Å². The molecule has 2 heterocycles. The van der Waals surface area contributed by atoms with E-state index in [9.17, 15) is 4.79 Å². The van der Waals surface area contributed by atoms with E-state index in [-0.39, 0.29) is 5.91 Å². The van der Waals surface area contributed by atoms with Crippen molar-refractivity contribution in [2.24, 2.45) is 0 Å². The number of allylic oxidation sites excluding steroid dienone is 1. The molecule has 29 heavy (non-hydrogen) atoms. The van der Waals surface area contributed by atoms with Gasteiger partial charge in [-0.1, -0.05) is 11.6 Å². The molecule has 0 unspecified atom stereocenters. The highest BCUT2D eigenvalue weighted by molar-refractivity contribution is 5.94. The average Bonchev–Trinajstić information content (AvgIpc) is 3.30. The minimum atomic E-state index is -0.0676. The van der Waals surface area contributed by atoms with Crippen molar-refractivity contribution in [2.45, 2.75) is 44.9 Å². The highest BCUT2D eigenvalue weighted by Crippen LogP contribution is 2.24. The number of benzene rings is 1. The van der Waals surface area contributed by atoms with E-state index in [1.54, 1.807) is 12.4 Å². The molecule has 4 rings (SSSR count). The van der Waals surface area contributed by atoms with Crippen LogP contribution in [0.1, 0.15) is 55.3 Å². The number of nitrogens with one attached hydrogen (secondary N) is 2. The molecule has 0 atom stereocenters. The first-order valence-electron chi connectivity index (χ1n) is 10.8. The van der Waals surface area contributed by atoms with Crippen LogP contribution in [0.4, 0.5) is 17.1 Å². The molecule has 1 aliphatic carbocycles. The van der Waals surface area contributed by atoms with Crippen molar-refractivity contribution in [3.63, 3.8) is 0 Å². The molecule has 5 nitrogen and oxygen atoms in total. The van der Waals surface area contributed by atoms with Crippen LogP contribution in [0.25, 0.3) is 0 Å². The molecule has 0 spiro atoms. The summed E-state index contributed by atoms with van der Waals surface area (Å²) in [5.74, 6) is -0.0676. The first-order valence-corrected chi connectivity index (χ1v) is 10.8. The number of pyridine rings is 1. The Bertz CT molecular complexity index is 853. The summed E-state index contributed by atoms with van der Waals surface area (Å²) >= 11 is 0. The number of hydrogen-bond donors (Lipinski definition) is 2. The summed E-state index contributed by atoms with van der Waals surface area (Å²) < 4.78 is 0. The molecule has 0 radical (unpaired) electrons. The van der Waals surface area contributed by atoms with Crippen molar-refractivity contribution in [1.82, 2.24) is 10.3 Å². The second kappa shape index (κ2) is 9.59. The fourth-order valence-electron chi connectivity index (χ4n) is 4.10. The Labute approximate surface area is 173 Å². The van der Waals surface area contributed by atoms with Crippen LogP contribution in [0.2, 0.25) is 0 Å². The van der Waals surface area contributed by atoms with Gasteiger partial charge in [-0.15, -0.1) is 0 Å². The average molecular weight is 391 g/mol. The Hall–Kier alpha value is -2.82. The van der Waals surface area contributed by atoms with E-state index in [4.69, 9.17) is 0 Å². The molecular formula is C24H30N4O. The monoisotopic (exact) mass is 390 g/mol. The fraction of sp³-hybridized carbons (Fsp3) is 0.417. The molecule has 1 aliphatic heterocycles. The Balaban J connectivity index is 1.31. The molecule has 2 N–H and O–H groups in total.